The highest BCUT2D eigenvalue weighted by atomic mass is 15.1. The van der Waals surface area contributed by atoms with E-state index in [1.807, 2.05) is 0 Å². The molecule has 1 nitrogen and oxygen atoms in total. The molecule has 0 aromatic rings. The lowest BCUT2D eigenvalue weighted by atomic mass is 9.87. The summed E-state index contributed by atoms with van der Waals surface area (Å²) in [5.74, 6) is 2.05. The van der Waals surface area contributed by atoms with E-state index in [0.29, 0.717) is 0 Å². The molecule has 1 aliphatic carbocycles. The van der Waals surface area contributed by atoms with Crippen molar-refractivity contribution in [1.29, 1.82) is 0 Å². The fraction of sp³-hybridized carbons (Fsp3) is 1.00. The van der Waals surface area contributed by atoms with E-state index in [-0.39, 0.29) is 0 Å². The van der Waals surface area contributed by atoms with E-state index < -0.39 is 0 Å². The molecular formula is C15H29N. The van der Waals surface area contributed by atoms with Crippen molar-refractivity contribution in [2.45, 2.75) is 64.7 Å². The van der Waals surface area contributed by atoms with E-state index in [1.165, 1.54) is 77.4 Å². The van der Waals surface area contributed by atoms with Crippen LogP contribution in [-0.2, 0) is 0 Å². The molecule has 0 bridgehead atoms. The van der Waals surface area contributed by atoms with Crippen molar-refractivity contribution in [1.82, 2.24) is 4.90 Å². The third-order valence-electron chi connectivity index (χ3n) is 4.54. The summed E-state index contributed by atoms with van der Waals surface area (Å²) in [5, 5.41) is 0. The lowest BCUT2D eigenvalue weighted by molar-refractivity contribution is 0.133. The first-order valence-electron chi connectivity index (χ1n) is 7.61. The lowest BCUT2D eigenvalue weighted by Crippen LogP contribution is -2.38. The van der Waals surface area contributed by atoms with E-state index in [2.05, 4.69) is 11.8 Å². The Morgan fingerprint density at radius 1 is 0.938 bits per heavy atom. The SMILES string of the molecule is CCCC1CCCN(CC2CCCCC2)C1. The summed E-state index contributed by atoms with van der Waals surface area (Å²) in [6, 6.07) is 0. The van der Waals surface area contributed by atoms with Gasteiger partial charge in [-0.25, -0.2) is 0 Å². The standard InChI is InChI=1S/C15H29N/c1-2-7-14-10-6-11-16(12-14)13-15-8-4-3-5-9-15/h14-15H,2-13H2,1H3. The summed E-state index contributed by atoms with van der Waals surface area (Å²) in [7, 11) is 0. The molecule has 1 atom stereocenters. The molecule has 2 rings (SSSR count). The summed E-state index contributed by atoms with van der Waals surface area (Å²) < 4.78 is 0. The predicted octanol–water partition coefficient (Wildman–Crippen LogP) is 4.08. The van der Waals surface area contributed by atoms with E-state index in [0.717, 1.165) is 11.8 Å². The Morgan fingerprint density at radius 2 is 1.69 bits per heavy atom. The molecule has 94 valence electrons. The Balaban J connectivity index is 1.71. The molecule has 1 saturated carbocycles. The highest BCUT2D eigenvalue weighted by molar-refractivity contribution is 4.76. The Labute approximate surface area is 102 Å². The monoisotopic (exact) mass is 223 g/mol. The summed E-state index contributed by atoms with van der Waals surface area (Å²) in [5.41, 5.74) is 0. The molecule has 0 spiro atoms. The molecular weight excluding hydrogens is 194 g/mol. The maximum Gasteiger partial charge on any atom is 0.000978 e. The topological polar surface area (TPSA) is 3.24 Å². The normalized spacial score (nSPS) is 29.4. The van der Waals surface area contributed by atoms with Gasteiger partial charge in [-0.15, -0.1) is 0 Å². The van der Waals surface area contributed by atoms with Crippen molar-refractivity contribution >= 4 is 0 Å². The Morgan fingerprint density at radius 3 is 2.44 bits per heavy atom. The molecule has 2 aliphatic rings. The van der Waals surface area contributed by atoms with Gasteiger partial charge in [-0.2, -0.15) is 0 Å². The molecule has 1 saturated heterocycles. The lowest BCUT2D eigenvalue weighted by Gasteiger charge is -2.36. The molecule has 1 aliphatic heterocycles. The number of hydrogen-bond acceptors (Lipinski definition) is 1. The highest BCUT2D eigenvalue weighted by Gasteiger charge is 2.22. The van der Waals surface area contributed by atoms with Crippen LogP contribution < -0.4 is 0 Å². The average Bonchev–Trinajstić information content (AvgIpc) is 2.31. The number of piperidine rings is 1. The van der Waals surface area contributed by atoms with E-state index in [4.69, 9.17) is 0 Å². The molecule has 1 heterocycles. The molecule has 2 fully saturated rings. The summed E-state index contributed by atoms with van der Waals surface area (Å²) >= 11 is 0. The zero-order valence-electron chi connectivity index (χ0n) is 11.1. The Kier molecular flexibility index (Phi) is 5.15. The maximum atomic E-state index is 2.78. The number of likely N-dealkylation sites (tertiary alicyclic amines) is 1. The first-order valence-corrected chi connectivity index (χ1v) is 7.61. The Bertz CT molecular complexity index is 182. The van der Waals surface area contributed by atoms with Crippen LogP contribution in [0, 0.1) is 11.8 Å². The Hall–Kier alpha value is -0.0400. The van der Waals surface area contributed by atoms with Crippen LogP contribution in [0.1, 0.15) is 64.7 Å². The second-order valence-electron chi connectivity index (χ2n) is 6.06. The second-order valence-corrected chi connectivity index (χ2v) is 6.06. The minimum Gasteiger partial charge on any atom is -0.303 e. The third kappa shape index (κ3) is 3.76. The highest BCUT2D eigenvalue weighted by Crippen LogP contribution is 2.27. The predicted molar refractivity (Wildman–Crippen MR) is 70.6 cm³/mol. The van der Waals surface area contributed by atoms with Crippen LogP contribution in [0.15, 0.2) is 0 Å². The van der Waals surface area contributed by atoms with Crippen LogP contribution in [0.25, 0.3) is 0 Å². The third-order valence-corrected chi connectivity index (χ3v) is 4.54. The van der Waals surface area contributed by atoms with Gasteiger partial charge in [0.05, 0.1) is 0 Å². The smallest absolute Gasteiger partial charge is 0.000978 e. The van der Waals surface area contributed by atoms with Gasteiger partial charge in [-0.05, 0) is 50.5 Å². The van der Waals surface area contributed by atoms with Crippen LogP contribution in [0.4, 0.5) is 0 Å². The van der Waals surface area contributed by atoms with Crippen molar-refractivity contribution in [3.05, 3.63) is 0 Å². The molecule has 1 unspecified atom stereocenters. The van der Waals surface area contributed by atoms with E-state index >= 15 is 0 Å². The number of nitrogens with zero attached hydrogens (tertiary/aromatic N) is 1. The van der Waals surface area contributed by atoms with Gasteiger partial charge >= 0.3 is 0 Å². The molecule has 0 N–H and O–H groups in total. The molecule has 0 aromatic heterocycles. The molecule has 16 heavy (non-hydrogen) atoms. The van der Waals surface area contributed by atoms with Gasteiger partial charge in [0.25, 0.3) is 0 Å². The average molecular weight is 223 g/mol. The van der Waals surface area contributed by atoms with Gasteiger partial charge in [0.1, 0.15) is 0 Å². The quantitative estimate of drug-likeness (QED) is 0.694. The number of rotatable bonds is 4. The number of hydrogen-bond donors (Lipinski definition) is 0. The van der Waals surface area contributed by atoms with Crippen molar-refractivity contribution in [2.75, 3.05) is 19.6 Å². The minimum atomic E-state index is 1.02. The van der Waals surface area contributed by atoms with E-state index in [1.54, 1.807) is 0 Å². The van der Waals surface area contributed by atoms with Gasteiger partial charge in [-0.1, -0.05) is 32.6 Å². The van der Waals surface area contributed by atoms with Crippen LogP contribution in [0.2, 0.25) is 0 Å². The van der Waals surface area contributed by atoms with Crippen molar-refractivity contribution in [3.63, 3.8) is 0 Å². The first kappa shape index (κ1) is 12.4. The van der Waals surface area contributed by atoms with Gasteiger partial charge in [-0.3, -0.25) is 0 Å². The summed E-state index contributed by atoms with van der Waals surface area (Å²) in [4.78, 5) is 2.78. The first-order chi connectivity index (χ1) is 7.88. The zero-order valence-corrected chi connectivity index (χ0v) is 11.1. The van der Waals surface area contributed by atoms with Crippen LogP contribution in [0.3, 0.4) is 0 Å². The molecule has 1 heteroatoms. The van der Waals surface area contributed by atoms with E-state index in [9.17, 15) is 0 Å². The van der Waals surface area contributed by atoms with Gasteiger partial charge in [0.2, 0.25) is 0 Å². The van der Waals surface area contributed by atoms with Crippen LogP contribution in [0.5, 0.6) is 0 Å². The van der Waals surface area contributed by atoms with Gasteiger partial charge < -0.3 is 4.90 Å². The largest absolute Gasteiger partial charge is 0.303 e. The fourth-order valence-electron chi connectivity index (χ4n) is 3.70. The summed E-state index contributed by atoms with van der Waals surface area (Å²) in [6.45, 7) is 6.54. The zero-order chi connectivity index (χ0) is 11.2. The minimum absolute atomic E-state index is 1.02. The van der Waals surface area contributed by atoms with Crippen molar-refractivity contribution in [3.8, 4) is 0 Å². The molecule has 0 radical (unpaired) electrons. The van der Waals surface area contributed by atoms with Gasteiger partial charge in [0, 0.05) is 13.1 Å². The summed E-state index contributed by atoms with van der Waals surface area (Å²) in [6.07, 6.45) is 13.3. The maximum absolute atomic E-state index is 2.78. The molecule has 0 amide bonds. The van der Waals surface area contributed by atoms with Crippen molar-refractivity contribution in [2.24, 2.45) is 11.8 Å². The molecule has 0 aromatic carbocycles. The second kappa shape index (κ2) is 6.64. The fourth-order valence-corrected chi connectivity index (χ4v) is 3.70. The van der Waals surface area contributed by atoms with Crippen LogP contribution >= 0.6 is 0 Å². The van der Waals surface area contributed by atoms with Gasteiger partial charge in [0.15, 0.2) is 0 Å². The van der Waals surface area contributed by atoms with Crippen molar-refractivity contribution < 1.29 is 0 Å². The van der Waals surface area contributed by atoms with Crippen LogP contribution in [-0.4, -0.2) is 24.5 Å².